The van der Waals surface area contributed by atoms with Gasteiger partial charge in [-0.05, 0) is 25.7 Å². The Bertz CT molecular complexity index is 443. The third-order valence-electron chi connectivity index (χ3n) is 4.67. The summed E-state index contributed by atoms with van der Waals surface area (Å²) in [4.78, 5) is 24.2. The van der Waals surface area contributed by atoms with Crippen LogP contribution in [0.5, 0.6) is 0 Å². The molecule has 3 unspecified atom stereocenters. The molecule has 0 saturated carbocycles. The van der Waals surface area contributed by atoms with E-state index in [0.29, 0.717) is 25.8 Å². The van der Waals surface area contributed by atoms with E-state index in [0.717, 1.165) is 44.9 Å². The number of carboxylic acids is 1. The largest absolute Gasteiger partial charge is 0.481 e. The standard InChI is InChI=1S/C18H33NO5S/c1-2-3-6-9-15(20)12-13-19-16(21)14-25(24)17(19)10-7-4-5-8-11-18(22)23/h15,17,20H,2-14H2,1H3,(H,22,23). The minimum atomic E-state index is -1.16. The lowest BCUT2D eigenvalue weighted by Crippen LogP contribution is -2.36. The van der Waals surface area contributed by atoms with E-state index >= 15 is 0 Å². The minimum Gasteiger partial charge on any atom is -0.481 e. The number of aliphatic hydroxyl groups is 1. The van der Waals surface area contributed by atoms with Crippen molar-refractivity contribution in [3.8, 4) is 0 Å². The van der Waals surface area contributed by atoms with Gasteiger partial charge in [0.05, 0.1) is 16.9 Å². The normalized spacial score (nSPS) is 21.7. The van der Waals surface area contributed by atoms with Crippen molar-refractivity contribution in [2.45, 2.75) is 89.0 Å². The molecular formula is C18H33NO5S. The van der Waals surface area contributed by atoms with Crippen LogP contribution in [-0.4, -0.2) is 55.0 Å². The van der Waals surface area contributed by atoms with Crippen LogP contribution >= 0.6 is 0 Å². The summed E-state index contributed by atoms with van der Waals surface area (Å²) in [7, 11) is -1.16. The average Bonchev–Trinajstić information content (AvgIpc) is 2.82. The molecule has 1 aliphatic heterocycles. The van der Waals surface area contributed by atoms with Crippen LogP contribution < -0.4 is 0 Å². The molecule has 146 valence electrons. The number of carbonyl (C=O) groups is 2. The van der Waals surface area contributed by atoms with Gasteiger partial charge in [0, 0.05) is 13.0 Å². The number of nitrogens with zero attached hydrogens (tertiary/aromatic N) is 1. The second-order valence-corrected chi connectivity index (χ2v) is 8.45. The van der Waals surface area contributed by atoms with Gasteiger partial charge >= 0.3 is 5.97 Å². The third kappa shape index (κ3) is 8.81. The van der Waals surface area contributed by atoms with E-state index in [4.69, 9.17) is 5.11 Å². The highest BCUT2D eigenvalue weighted by Crippen LogP contribution is 2.22. The van der Waals surface area contributed by atoms with E-state index in [2.05, 4.69) is 6.92 Å². The molecule has 1 amide bonds. The second kappa shape index (κ2) is 12.4. The van der Waals surface area contributed by atoms with Crippen LogP contribution in [0.3, 0.4) is 0 Å². The fraction of sp³-hybridized carbons (Fsp3) is 0.889. The van der Waals surface area contributed by atoms with Gasteiger partial charge in [-0.2, -0.15) is 0 Å². The first kappa shape index (κ1) is 22.1. The van der Waals surface area contributed by atoms with Gasteiger partial charge in [-0.1, -0.05) is 45.4 Å². The van der Waals surface area contributed by atoms with Crippen molar-refractivity contribution in [2.75, 3.05) is 12.3 Å². The molecule has 0 aromatic rings. The number of aliphatic hydroxyl groups excluding tert-OH is 1. The Morgan fingerprint density at radius 2 is 1.92 bits per heavy atom. The van der Waals surface area contributed by atoms with Gasteiger partial charge in [0.15, 0.2) is 0 Å². The number of rotatable bonds is 14. The van der Waals surface area contributed by atoms with Gasteiger partial charge in [-0.3, -0.25) is 13.8 Å². The molecule has 1 saturated heterocycles. The van der Waals surface area contributed by atoms with Crippen LogP contribution in [-0.2, 0) is 20.4 Å². The summed E-state index contributed by atoms with van der Waals surface area (Å²) in [5, 5.41) is 18.4. The maximum Gasteiger partial charge on any atom is 0.303 e. The predicted octanol–water partition coefficient (Wildman–Crippen LogP) is 2.66. The Kier molecular flexibility index (Phi) is 11.0. The molecule has 0 aromatic heterocycles. The maximum atomic E-state index is 12.2. The van der Waals surface area contributed by atoms with Crippen LogP contribution in [0.1, 0.15) is 77.6 Å². The number of hydrogen-bond acceptors (Lipinski definition) is 4. The van der Waals surface area contributed by atoms with Crippen LogP contribution in [0.25, 0.3) is 0 Å². The first-order valence-corrected chi connectivity index (χ1v) is 10.9. The van der Waals surface area contributed by atoms with E-state index in [-0.39, 0.29) is 23.5 Å². The molecule has 2 N–H and O–H groups in total. The first-order chi connectivity index (χ1) is 12.0. The summed E-state index contributed by atoms with van der Waals surface area (Å²) >= 11 is 0. The van der Waals surface area contributed by atoms with Crippen molar-refractivity contribution in [2.24, 2.45) is 0 Å². The SMILES string of the molecule is CCCCCC(O)CCN1C(=O)CS(=O)C1CCCCCCC(=O)O. The first-order valence-electron chi connectivity index (χ1n) is 9.52. The Labute approximate surface area is 153 Å². The van der Waals surface area contributed by atoms with Crippen molar-refractivity contribution in [1.29, 1.82) is 0 Å². The van der Waals surface area contributed by atoms with Crippen LogP contribution in [0.15, 0.2) is 0 Å². The highest BCUT2D eigenvalue weighted by atomic mass is 32.2. The second-order valence-electron chi connectivity index (χ2n) is 6.85. The molecule has 1 fully saturated rings. The van der Waals surface area contributed by atoms with Gasteiger partial charge in [0.25, 0.3) is 0 Å². The van der Waals surface area contributed by atoms with Crippen molar-refractivity contribution in [1.82, 2.24) is 4.90 Å². The van der Waals surface area contributed by atoms with Crippen LogP contribution in [0.2, 0.25) is 0 Å². The molecule has 1 rings (SSSR count). The van der Waals surface area contributed by atoms with E-state index in [1.807, 2.05) is 0 Å². The Balaban J connectivity index is 2.31. The third-order valence-corrected chi connectivity index (χ3v) is 6.30. The Morgan fingerprint density at radius 3 is 2.60 bits per heavy atom. The van der Waals surface area contributed by atoms with Gasteiger partial charge < -0.3 is 15.1 Å². The van der Waals surface area contributed by atoms with Gasteiger partial charge in [-0.25, -0.2) is 0 Å². The quantitative estimate of drug-likeness (QED) is 0.455. The fourth-order valence-electron chi connectivity index (χ4n) is 3.17. The van der Waals surface area contributed by atoms with E-state index in [9.17, 15) is 18.9 Å². The number of amides is 1. The number of carboxylic acid groups (broad SMARTS) is 1. The molecule has 0 bridgehead atoms. The highest BCUT2D eigenvalue weighted by molar-refractivity contribution is 7.86. The number of aliphatic carboxylic acids is 1. The van der Waals surface area contributed by atoms with Crippen molar-refractivity contribution < 1.29 is 24.0 Å². The lowest BCUT2D eigenvalue weighted by Gasteiger charge is -2.24. The molecule has 7 heteroatoms. The van der Waals surface area contributed by atoms with Crippen molar-refractivity contribution >= 4 is 22.7 Å². The number of hydrogen-bond donors (Lipinski definition) is 2. The van der Waals surface area contributed by atoms with E-state index < -0.39 is 22.9 Å². The van der Waals surface area contributed by atoms with Gasteiger partial charge in [0.1, 0.15) is 11.1 Å². The minimum absolute atomic E-state index is 0.0741. The average molecular weight is 376 g/mol. The molecule has 25 heavy (non-hydrogen) atoms. The molecule has 0 aromatic carbocycles. The zero-order valence-corrected chi connectivity index (χ0v) is 16.1. The summed E-state index contributed by atoms with van der Waals surface area (Å²) < 4.78 is 12.2. The molecule has 3 atom stereocenters. The molecule has 0 radical (unpaired) electrons. The summed E-state index contributed by atoms with van der Waals surface area (Å²) in [5.74, 6) is -0.753. The summed E-state index contributed by atoms with van der Waals surface area (Å²) in [6, 6.07) is 0. The summed E-state index contributed by atoms with van der Waals surface area (Å²) in [6.07, 6.45) is 8.25. The summed E-state index contributed by atoms with van der Waals surface area (Å²) in [5.41, 5.74) is 0. The number of carbonyl (C=O) groups excluding carboxylic acids is 1. The molecule has 6 nitrogen and oxygen atoms in total. The van der Waals surface area contributed by atoms with E-state index in [1.54, 1.807) is 4.90 Å². The molecule has 1 heterocycles. The topological polar surface area (TPSA) is 94.9 Å². The van der Waals surface area contributed by atoms with Gasteiger partial charge in [-0.15, -0.1) is 0 Å². The molecule has 0 spiro atoms. The molecular weight excluding hydrogens is 342 g/mol. The zero-order chi connectivity index (χ0) is 18.7. The van der Waals surface area contributed by atoms with Crippen molar-refractivity contribution in [3.05, 3.63) is 0 Å². The highest BCUT2D eigenvalue weighted by Gasteiger charge is 2.36. The van der Waals surface area contributed by atoms with Crippen LogP contribution in [0, 0.1) is 0 Å². The Hall–Kier alpha value is -0.950. The molecule has 1 aliphatic rings. The lowest BCUT2D eigenvalue weighted by molar-refractivity contribution is -0.137. The maximum absolute atomic E-state index is 12.2. The van der Waals surface area contributed by atoms with Crippen LogP contribution in [0.4, 0.5) is 0 Å². The van der Waals surface area contributed by atoms with Crippen molar-refractivity contribution in [3.63, 3.8) is 0 Å². The lowest BCUT2D eigenvalue weighted by atomic mass is 10.1. The predicted molar refractivity (Wildman–Crippen MR) is 98.6 cm³/mol. The molecule has 0 aliphatic carbocycles. The van der Waals surface area contributed by atoms with E-state index in [1.165, 1.54) is 0 Å². The smallest absolute Gasteiger partial charge is 0.303 e. The fourth-order valence-corrected chi connectivity index (χ4v) is 4.71. The monoisotopic (exact) mass is 375 g/mol. The zero-order valence-electron chi connectivity index (χ0n) is 15.3. The number of unbranched alkanes of at least 4 members (excludes halogenated alkanes) is 5. The van der Waals surface area contributed by atoms with Gasteiger partial charge in [0.2, 0.25) is 5.91 Å². The Morgan fingerprint density at radius 1 is 1.20 bits per heavy atom. The summed E-state index contributed by atoms with van der Waals surface area (Å²) in [6.45, 7) is 2.60.